The fraction of sp³-hybridized carbons (Fsp3) is 1.00. The smallest absolute Gasteiger partial charge is 0.0364 e. The molecule has 2 aliphatic heterocycles. The molecule has 19 heavy (non-hydrogen) atoms. The molecule has 0 aromatic rings. The number of hydrogen-bond donors (Lipinski definition) is 0. The molecule has 6 heteroatoms. The topological polar surface area (TPSA) is 0 Å². The van der Waals surface area contributed by atoms with E-state index >= 15 is 0 Å². The lowest BCUT2D eigenvalue weighted by atomic mass is 11.6. The minimum Gasteiger partial charge on any atom is -0.0731 e. The van der Waals surface area contributed by atoms with Crippen LogP contribution in [0, 0.1) is 0 Å². The zero-order valence-electron chi connectivity index (χ0n) is 15.5. The molecule has 0 N–H and O–H groups in total. The van der Waals surface area contributed by atoms with Crippen LogP contribution < -0.4 is 0 Å². The van der Waals surface area contributed by atoms with E-state index in [-0.39, 0.29) is 0 Å². The van der Waals surface area contributed by atoms with E-state index in [9.17, 15) is 0 Å². The Bertz CT molecular complexity index is 363. The molecule has 2 heterocycles. The Morgan fingerprint density at radius 1 is 0.368 bits per heavy atom. The SMILES string of the molecule is C[Si]1(C)C2([Si](C)(C)[Si]1(C)C)[Si](C)(C)[Si](C)(C)[Si]2(C)C. The normalized spacial score (nSPS) is 37.3. The average molecular weight is 361 g/mol. The molecule has 2 saturated heterocycles. The van der Waals surface area contributed by atoms with E-state index in [1.54, 1.807) is 0 Å². The minimum atomic E-state index is -0.981. The van der Waals surface area contributed by atoms with E-state index < -0.39 is 44.6 Å². The lowest BCUT2D eigenvalue weighted by molar-refractivity contribution is 1.18. The summed E-state index contributed by atoms with van der Waals surface area (Å²) >= 11 is 0. The van der Waals surface area contributed by atoms with Crippen LogP contribution >= 0.6 is 0 Å². The maximum absolute atomic E-state index is 2.85. The molecule has 112 valence electrons. The molecule has 2 rings (SSSR count). The molecular weight excluding hydrogens is 325 g/mol. The Labute approximate surface area is 127 Å². The molecule has 1 spiro atoms. The van der Waals surface area contributed by atoms with E-state index in [4.69, 9.17) is 0 Å². The molecule has 0 bridgehead atoms. The monoisotopic (exact) mass is 360 g/mol. The van der Waals surface area contributed by atoms with Crippen LogP contribution in [0.15, 0.2) is 0 Å². The maximum atomic E-state index is 2.85. The summed E-state index contributed by atoms with van der Waals surface area (Å²) in [4.78, 5) is 0. The summed E-state index contributed by atoms with van der Waals surface area (Å²) < 4.78 is 1.07. The first-order valence-corrected chi connectivity index (χ1v) is 30.0. The second-order valence-corrected chi connectivity index (χ2v) is 69.0. The van der Waals surface area contributed by atoms with Crippen molar-refractivity contribution >= 4 is 44.6 Å². The minimum absolute atomic E-state index is 0.882. The first-order chi connectivity index (χ1) is 8.00. The van der Waals surface area contributed by atoms with Crippen molar-refractivity contribution < 1.29 is 0 Å². The quantitative estimate of drug-likeness (QED) is 0.537. The summed E-state index contributed by atoms with van der Waals surface area (Å²) in [6.07, 6.45) is 0. The van der Waals surface area contributed by atoms with Crippen LogP contribution in [0.25, 0.3) is 0 Å². The van der Waals surface area contributed by atoms with E-state index in [2.05, 4.69) is 78.6 Å². The van der Waals surface area contributed by atoms with E-state index in [0.717, 1.165) is 3.91 Å². The van der Waals surface area contributed by atoms with Gasteiger partial charge in [0.2, 0.25) is 0 Å². The zero-order chi connectivity index (χ0) is 15.5. The molecular formula is C13H36Si6. The van der Waals surface area contributed by atoms with Gasteiger partial charge in [0.1, 0.15) is 0 Å². The largest absolute Gasteiger partial charge is 0.0731 e. The third kappa shape index (κ3) is 1.08. The Kier molecular flexibility index (Phi) is 3.02. The third-order valence-electron chi connectivity index (χ3n) is 10.0. The van der Waals surface area contributed by atoms with E-state index in [1.807, 2.05) is 0 Å². The molecule has 0 aliphatic carbocycles. The summed E-state index contributed by atoms with van der Waals surface area (Å²) in [5.74, 6) is 0. The van der Waals surface area contributed by atoms with Crippen LogP contribution in [0.4, 0.5) is 0 Å². The van der Waals surface area contributed by atoms with Gasteiger partial charge in [-0.3, -0.25) is 0 Å². The maximum Gasteiger partial charge on any atom is 0.0364 e. The van der Waals surface area contributed by atoms with E-state index in [0.29, 0.717) is 0 Å². The van der Waals surface area contributed by atoms with Gasteiger partial charge in [-0.25, -0.2) is 0 Å². The summed E-state index contributed by atoms with van der Waals surface area (Å²) in [6, 6.07) is 0. The van der Waals surface area contributed by atoms with Crippen molar-refractivity contribution in [3.05, 3.63) is 0 Å². The lowest BCUT2D eigenvalue weighted by Gasteiger charge is -2.93. The molecule has 0 radical (unpaired) electrons. The van der Waals surface area contributed by atoms with Crippen LogP contribution in [0.1, 0.15) is 0 Å². The highest BCUT2D eigenvalue weighted by molar-refractivity contribution is 7.98. The summed E-state index contributed by atoms with van der Waals surface area (Å²) in [6.45, 7) is 34.0. The second kappa shape index (κ2) is 3.45. The van der Waals surface area contributed by atoms with Crippen molar-refractivity contribution in [1.29, 1.82) is 0 Å². The van der Waals surface area contributed by atoms with Gasteiger partial charge in [-0.05, 0) is 0 Å². The Morgan fingerprint density at radius 3 is 0.684 bits per heavy atom. The molecule has 2 fully saturated rings. The number of rotatable bonds is 0. The predicted octanol–water partition coefficient (Wildman–Crippen LogP) is 4.94. The molecule has 0 aromatic carbocycles. The van der Waals surface area contributed by atoms with Gasteiger partial charge in [0, 0.05) is 44.6 Å². The number of hydrogen-bond acceptors (Lipinski definition) is 0. The van der Waals surface area contributed by atoms with Gasteiger partial charge in [0.05, 0.1) is 0 Å². The standard InChI is InChI=1S/C13H36Si6/c1-14(2)13(15(3,4)18(14,9)10)16(5,6)19(11,12)17(13,7)8/h1-12H3. The summed E-state index contributed by atoms with van der Waals surface area (Å²) in [5.41, 5.74) is 0. The fourth-order valence-electron chi connectivity index (χ4n) is 8.00. The van der Waals surface area contributed by atoms with E-state index in [1.165, 1.54) is 0 Å². The van der Waals surface area contributed by atoms with Crippen LogP contribution in [0.2, 0.25) is 82.5 Å². The van der Waals surface area contributed by atoms with Gasteiger partial charge in [-0.2, -0.15) is 0 Å². The molecule has 2 aliphatic rings. The van der Waals surface area contributed by atoms with Crippen LogP contribution in [-0.2, 0) is 0 Å². The van der Waals surface area contributed by atoms with Crippen molar-refractivity contribution in [2.75, 3.05) is 0 Å². The molecule has 0 saturated carbocycles. The highest BCUT2D eigenvalue weighted by Crippen LogP contribution is 2.80. The third-order valence-corrected chi connectivity index (χ3v) is 126. The van der Waals surface area contributed by atoms with Crippen LogP contribution in [0.5, 0.6) is 0 Å². The first kappa shape index (κ1) is 16.7. The highest BCUT2D eigenvalue weighted by Gasteiger charge is 2.94. The van der Waals surface area contributed by atoms with Crippen molar-refractivity contribution in [2.45, 2.75) is 82.5 Å². The molecule has 0 amide bonds. The van der Waals surface area contributed by atoms with Crippen LogP contribution in [-0.4, -0.2) is 44.6 Å². The van der Waals surface area contributed by atoms with Gasteiger partial charge in [-0.15, -0.1) is 0 Å². The van der Waals surface area contributed by atoms with Gasteiger partial charge in [0.25, 0.3) is 0 Å². The lowest BCUT2D eigenvalue weighted by Crippen LogP contribution is -3.12. The highest BCUT2D eigenvalue weighted by atomic mass is 29.7. The molecule has 0 unspecified atom stereocenters. The van der Waals surface area contributed by atoms with Gasteiger partial charge < -0.3 is 0 Å². The Hall–Kier alpha value is 1.30. The van der Waals surface area contributed by atoms with Crippen molar-refractivity contribution in [2.24, 2.45) is 0 Å². The van der Waals surface area contributed by atoms with Crippen molar-refractivity contribution in [3.63, 3.8) is 0 Å². The summed E-state index contributed by atoms with van der Waals surface area (Å²) in [5, 5.41) is 0. The van der Waals surface area contributed by atoms with Crippen molar-refractivity contribution in [1.82, 2.24) is 0 Å². The fourth-order valence-corrected chi connectivity index (χ4v) is 182. The average Bonchev–Trinajstić information content (AvgIpc) is 2.14. The molecule has 0 atom stereocenters. The van der Waals surface area contributed by atoms with Gasteiger partial charge >= 0.3 is 0 Å². The predicted molar refractivity (Wildman–Crippen MR) is 108 cm³/mol. The molecule has 0 aromatic heterocycles. The van der Waals surface area contributed by atoms with Gasteiger partial charge in [-0.1, -0.05) is 82.5 Å². The first-order valence-electron chi connectivity index (χ1n) is 8.00. The Morgan fingerprint density at radius 2 is 0.526 bits per heavy atom. The molecule has 0 nitrogen and oxygen atoms in total. The zero-order valence-corrected chi connectivity index (χ0v) is 21.5. The van der Waals surface area contributed by atoms with Crippen LogP contribution in [0.3, 0.4) is 0 Å². The van der Waals surface area contributed by atoms with Crippen molar-refractivity contribution in [3.8, 4) is 0 Å². The summed E-state index contributed by atoms with van der Waals surface area (Å²) in [7, 11) is -5.69. The Balaban J connectivity index is 2.76. The van der Waals surface area contributed by atoms with Gasteiger partial charge in [0.15, 0.2) is 0 Å². The second-order valence-electron chi connectivity index (χ2n) is 10.5.